The van der Waals surface area contributed by atoms with Gasteiger partial charge in [-0.2, -0.15) is 0 Å². The van der Waals surface area contributed by atoms with E-state index in [0.29, 0.717) is 35.4 Å². The van der Waals surface area contributed by atoms with Crippen LogP contribution in [0, 0.1) is 0 Å². The Kier molecular flexibility index (Phi) is 5.17. The van der Waals surface area contributed by atoms with E-state index in [1.807, 2.05) is 0 Å². The Morgan fingerprint density at radius 2 is 1.97 bits per heavy atom. The summed E-state index contributed by atoms with van der Waals surface area (Å²) in [5.74, 6) is -0.452. The number of nitrogens with one attached hydrogen (secondary N) is 2. The average Bonchev–Trinajstić information content (AvgIpc) is 3.15. The SMILES string of the molecule is NC(=O)c1cccc2c(N[C@H]3CNC[C@H]3c3cccc(OC(F)(F)F)c3)ncnc12. The fourth-order valence-electron chi connectivity index (χ4n) is 3.70. The average molecular weight is 417 g/mol. The van der Waals surface area contributed by atoms with Crippen LogP contribution in [0.4, 0.5) is 19.0 Å². The van der Waals surface area contributed by atoms with Crippen molar-refractivity contribution in [3.05, 3.63) is 59.9 Å². The van der Waals surface area contributed by atoms with Gasteiger partial charge < -0.3 is 21.1 Å². The Balaban J connectivity index is 1.62. The van der Waals surface area contributed by atoms with Gasteiger partial charge >= 0.3 is 6.36 Å². The molecule has 2 heterocycles. The molecular formula is C20H18F3N5O2. The van der Waals surface area contributed by atoms with Crippen molar-refractivity contribution in [3.63, 3.8) is 0 Å². The lowest BCUT2D eigenvalue weighted by Gasteiger charge is -2.22. The summed E-state index contributed by atoms with van der Waals surface area (Å²) in [6.45, 7) is 1.15. The molecule has 1 amide bonds. The van der Waals surface area contributed by atoms with Crippen molar-refractivity contribution in [2.24, 2.45) is 5.73 Å². The van der Waals surface area contributed by atoms with Gasteiger partial charge in [-0.1, -0.05) is 18.2 Å². The number of hydrogen-bond donors (Lipinski definition) is 3. The predicted octanol–water partition coefficient (Wildman–Crippen LogP) is 2.79. The number of carbonyl (C=O) groups is 1. The van der Waals surface area contributed by atoms with E-state index < -0.39 is 12.3 Å². The monoisotopic (exact) mass is 417 g/mol. The fraction of sp³-hybridized carbons (Fsp3) is 0.250. The molecule has 0 bridgehead atoms. The smallest absolute Gasteiger partial charge is 0.406 e. The molecule has 0 spiro atoms. The normalized spacial score (nSPS) is 19.0. The van der Waals surface area contributed by atoms with Crippen LogP contribution in [0.15, 0.2) is 48.8 Å². The number of amides is 1. The maximum Gasteiger partial charge on any atom is 0.573 e. The minimum absolute atomic E-state index is 0.119. The van der Waals surface area contributed by atoms with Gasteiger partial charge in [-0.05, 0) is 29.8 Å². The van der Waals surface area contributed by atoms with Crippen LogP contribution >= 0.6 is 0 Å². The highest BCUT2D eigenvalue weighted by molar-refractivity contribution is 6.06. The summed E-state index contributed by atoms with van der Waals surface area (Å²) in [5.41, 5.74) is 6.86. The second kappa shape index (κ2) is 7.79. The number of fused-ring (bicyclic) bond motifs is 1. The van der Waals surface area contributed by atoms with E-state index in [1.54, 1.807) is 24.3 Å². The third-order valence-corrected chi connectivity index (χ3v) is 4.99. The summed E-state index contributed by atoms with van der Waals surface area (Å²) >= 11 is 0. The molecule has 0 saturated carbocycles. The quantitative estimate of drug-likeness (QED) is 0.590. The molecule has 0 aliphatic carbocycles. The standard InChI is InChI=1S/C20H18F3N5O2/c21-20(22,23)30-12-4-1-3-11(7-12)15-8-25-9-16(15)28-19-14-6-2-5-13(18(24)29)17(14)26-10-27-19/h1-7,10,15-16,25H,8-9H2,(H2,24,29)(H,26,27,28)/t15-,16-/m0/s1. The number of nitrogens with two attached hydrogens (primary N) is 1. The molecule has 4 rings (SSSR count). The number of ether oxygens (including phenoxy) is 1. The third kappa shape index (κ3) is 4.13. The number of hydrogen-bond acceptors (Lipinski definition) is 6. The van der Waals surface area contributed by atoms with Crippen LogP contribution in [0.25, 0.3) is 10.9 Å². The topological polar surface area (TPSA) is 102 Å². The summed E-state index contributed by atoms with van der Waals surface area (Å²) in [6, 6.07) is 10.9. The third-order valence-electron chi connectivity index (χ3n) is 4.99. The summed E-state index contributed by atoms with van der Waals surface area (Å²) in [7, 11) is 0. The van der Waals surface area contributed by atoms with Gasteiger partial charge in [0.15, 0.2) is 0 Å². The van der Waals surface area contributed by atoms with Crippen molar-refractivity contribution in [2.45, 2.75) is 18.3 Å². The van der Waals surface area contributed by atoms with E-state index in [9.17, 15) is 18.0 Å². The van der Waals surface area contributed by atoms with Crippen molar-refractivity contribution < 1.29 is 22.7 Å². The van der Waals surface area contributed by atoms with E-state index in [4.69, 9.17) is 5.73 Å². The lowest BCUT2D eigenvalue weighted by molar-refractivity contribution is -0.274. The molecule has 1 aliphatic rings. The Labute approximate surface area is 169 Å². The van der Waals surface area contributed by atoms with Gasteiger partial charge in [-0.15, -0.1) is 13.2 Å². The second-order valence-electron chi connectivity index (χ2n) is 6.92. The predicted molar refractivity (Wildman–Crippen MR) is 104 cm³/mol. The highest BCUT2D eigenvalue weighted by atomic mass is 19.4. The fourth-order valence-corrected chi connectivity index (χ4v) is 3.70. The molecule has 1 aliphatic heterocycles. The molecule has 0 radical (unpaired) electrons. The number of benzene rings is 2. The first-order valence-corrected chi connectivity index (χ1v) is 9.18. The Morgan fingerprint density at radius 1 is 1.17 bits per heavy atom. The lowest BCUT2D eigenvalue weighted by atomic mass is 9.94. The van der Waals surface area contributed by atoms with Crippen LogP contribution in [-0.2, 0) is 0 Å². The minimum Gasteiger partial charge on any atom is -0.406 e. The maximum atomic E-state index is 12.6. The molecule has 1 aromatic heterocycles. The number of anilines is 1. The number of aromatic nitrogens is 2. The van der Waals surface area contributed by atoms with E-state index >= 15 is 0 Å². The molecule has 2 aromatic carbocycles. The summed E-state index contributed by atoms with van der Waals surface area (Å²) < 4.78 is 41.7. The molecule has 4 N–H and O–H groups in total. The summed E-state index contributed by atoms with van der Waals surface area (Å²) in [4.78, 5) is 20.1. The van der Waals surface area contributed by atoms with Gasteiger partial charge in [0.1, 0.15) is 17.9 Å². The van der Waals surface area contributed by atoms with Gasteiger partial charge in [0.2, 0.25) is 0 Å². The number of carbonyl (C=O) groups excluding carboxylic acids is 1. The van der Waals surface area contributed by atoms with Crippen molar-refractivity contribution >= 4 is 22.6 Å². The molecule has 30 heavy (non-hydrogen) atoms. The van der Waals surface area contributed by atoms with Crippen LogP contribution in [0.5, 0.6) is 5.75 Å². The van der Waals surface area contributed by atoms with Gasteiger partial charge in [0, 0.05) is 30.4 Å². The van der Waals surface area contributed by atoms with Crippen LogP contribution < -0.4 is 21.1 Å². The summed E-state index contributed by atoms with van der Waals surface area (Å²) in [6.07, 6.45) is -3.41. The van der Waals surface area contributed by atoms with Crippen molar-refractivity contribution in [2.75, 3.05) is 18.4 Å². The molecular weight excluding hydrogens is 399 g/mol. The number of rotatable bonds is 5. The zero-order valence-electron chi connectivity index (χ0n) is 15.6. The number of alkyl halides is 3. The van der Waals surface area contributed by atoms with E-state index in [1.165, 1.54) is 24.5 Å². The molecule has 0 unspecified atom stereocenters. The van der Waals surface area contributed by atoms with E-state index in [-0.39, 0.29) is 23.3 Å². The minimum atomic E-state index is -4.75. The van der Waals surface area contributed by atoms with E-state index in [2.05, 4.69) is 25.3 Å². The molecule has 1 saturated heterocycles. The van der Waals surface area contributed by atoms with Gasteiger partial charge in [0.25, 0.3) is 5.91 Å². The first kappa shape index (κ1) is 19.9. The zero-order valence-corrected chi connectivity index (χ0v) is 15.6. The number of halogens is 3. The Hall–Kier alpha value is -3.40. The number of para-hydroxylation sites is 1. The van der Waals surface area contributed by atoms with Crippen molar-refractivity contribution in [1.29, 1.82) is 0 Å². The number of nitrogens with zero attached hydrogens (tertiary/aromatic N) is 2. The van der Waals surface area contributed by atoms with Crippen LogP contribution in [-0.4, -0.2) is 41.4 Å². The first-order valence-electron chi connectivity index (χ1n) is 9.18. The van der Waals surface area contributed by atoms with Crippen molar-refractivity contribution in [3.8, 4) is 5.75 Å². The Morgan fingerprint density at radius 3 is 2.73 bits per heavy atom. The van der Waals surface area contributed by atoms with Gasteiger partial charge in [-0.3, -0.25) is 4.79 Å². The molecule has 7 nitrogen and oxygen atoms in total. The first-order chi connectivity index (χ1) is 14.3. The molecule has 1 fully saturated rings. The zero-order chi connectivity index (χ0) is 21.3. The number of primary amides is 1. The van der Waals surface area contributed by atoms with Crippen LogP contribution in [0.2, 0.25) is 0 Å². The Bertz CT molecular complexity index is 1090. The second-order valence-corrected chi connectivity index (χ2v) is 6.92. The van der Waals surface area contributed by atoms with Gasteiger partial charge in [-0.25, -0.2) is 9.97 Å². The van der Waals surface area contributed by atoms with Crippen LogP contribution in [0.3, 0.4) is 0 Å². The largest absolute Gasteiger partial charge is 0.573 e. The summed E-state index contributed by atoms with van der Waals surface area (Å²) in [5, 5.41) is 7.21. The van der Waals surface area contributed by atoms with Crippen molar-refractivity contribution in [1.82, 2.24) is 15.3 Å². The van der Waals surface area contributed by atoms with Crippen LogP contribution in [0.1, 0.15) is 21.8 Å². The molecule has 10 heteroatoms. The highest BCUT2D eigenvalue weighted by Crippen LogP contribution is 2.31. The van der Waals surface area contributed by atoms with Gasteiger partial charge in [0.05, 0.1) is 11.1 Å². The van der Waals surface area contributed by atoms with E-state index in [0.717, 1.165) is 0 Å². The maximum absolute atomic E-state index is 12.6. The molecule has 156 valence electrons. The molecule has 2 atom stereocenters. The highest BCUT2D eigenvalue weighted by Gasteiger charge is 2.33. The lowest BCUT2D eigenvalue weighted by Crippen LogP contribution is -2.28. The molecule has 3 aromatic rings.